The maximum absolute atomic E-state index is 12.9. The molecule has 0 saturated carbocycles. The molecule has 0 saturated heterocycles. The fourth-order valence-electron chi connectivity index (χ4n) is 3.75. The van der Waals surface area contributed by atoms with Crippen molar-refractivity contribution in [3.63, 3.8) is 0 Å². The number of aromatic hydroxyl groups is 1. The van der Waals surface area contributed by atoms with Crippen LogP contribution in [0.1, 0.15) is 24.8 Å². The molecule has 0 spiro atoms. The molecule has 4 nitrogen and oxygen atoms in total. The highest BCUT2D eigenvalue weighted by molar-refractivity contribution is 9.10. The van der Waals surface area contributed by atoms with Gasteiger partial charge in [-0.25, -0.2) is 0 Å². The van der Waals surface area contributed by atoms with Crippen molar-refractivity contribution in [2.24, 2.45) is 5.92 Å². The van der Waals surface area contributed by atoms with Gasteiger partial charge in [-0.1, -0.05) is 40.7 Å². The molecule has 0 amide bonds. The molecule has 130 valence electrons. The fraction of sp³-hybridized carbons (Fsp3) is 0.300. The van der Waals surface area contributed by atoms with Crippen LogP contribution in [0.15, 0.2) is 54.2 Å². The van der Waals surface area contributed by atoms with Crippen molar-refractivity contribution in [2.75, 3.05) is 7.11 Å². The van der Waals surface area contributed by atoms with Gasteiger partial charge in [0.15, 0.2) is 11.6 Å². The molecule has 3 rings (SSSR count). The van der Waals surface area contributed by atoms with Crippen LogP contribution in [-0.2, 0) is 9.59 Å². The van der Waals surface area contributed by atoms with Crippen molar-refractivity contribution in [1.29, 1.82) is 0 Å². The summed E-state index contributed by atoms with van der Waals surface area (Å²) < 4.78 is 4.01. The van der Waals surface area contributed by atoms with Crippen molar-refractivity contribution in [1.82, 2.24) is 0 Å². The first-order chi connectivity index (χ1) is 11.8. The maximum atomic E-state index is 12.9. The molecule has 0 bridgehead atoms. The number of ether oxygens (including phenoxy) is 1. The zero-order valence-corrected chi connectivity index (χ0v) is 15.7. The molecule has 3 unspecified atom stereocenters. The second kappa shape index (κ2) is 6.30. The van der Waals surface area contributed by atoms with E-state index in [1.165, 1.54) is 19.3 Å². The molecule has 2 aliphatic carbocycles. The third-order valence-corrected chi connectivity index (χ3v) is 6.47. The molecule has 3 atom stereocenters. The van der Waals surface area contributed by atoms with E-state index >= 15 is 0 Å². The van der Waals surface area contributed by atoms with Crippen molar-refractivity contribution in [3.8, 4) is 11.5 Å². The van der Waals surface area contributed by atoms with Gasteiger partial charge in [0.1, 0.15) is 15.8 Å². The lowest BCUT2D eigenvalue weighted by Crippen LogP contribution is -2.52. The summed E-state index contributed by atoms with van der Waals surface area (Å²) in [5.74, 6) is -0.710. The molecule has 1 N–H and O–H groups in total. The molecule has 1 aromatic rings. The first-order valence-electron chi connectivity index (χ1n) is 7.99. The second-order valence-electron chi connectivity index (χ2n) is 6.38. The third-order valence-electron chi connectivity index (χ3n) is 5.06. The number of allylic oxidation sites excluding steroid dienone is 5. The second-order valence-corrected chi connectivity index (χ2v) is 7.69. The summed E-state index contributed by atoms with van der Waals surface area (Å²) in [6, 6.07) is 4.96. The van der Waals surface area contributed by atoms with Crippen molar-refractivity contribution in [3.05, 3.63) is 59.7 Å². The Morgan fingerprint density at radius 3 is 2.72 bits per heavy atom. The average molecular weight is 403 g/mol. The molecule has 2 aliphatic rings. The molecule has 1 aromatic carbocycles. The number of methoxy groups -OCH3 is 1. The standard InChI is InChI=1S/C20H19BrO4/c1-4-12-5-8-15-19(24)11(2)9-17(23)20(15,21)18(12)14-7-6-13(25-3)10-16(14)22/h4-7,9-10,15,18,22H,1,8H2,2-3H3. The molecule has 0 heterocycles. The highest BCUT2D eigenvalue weighted by Gasteiger charge is 2.56. The first-order valence-corrected chi connectivity index (χ1v) is 8.79. The summed E-state index contributed by atoms with van der Waals surface area (Å²) in [5, 5.41) is 10.5. The topological polar surface area (TPSA) is 63.6 Å². The van der Waals surface area contributed by atoms with Crippen molar-refractivity contribution >= 4 is 27.5 Å². The fourth-order valence-corrected chi connectivity index (χ4v) is 4.77. The highest BCUT2D eigenvalue weighted by Crippen LogP contribution is 2.55. The van der Waals surface area contributed by atoms with Gasteiger partial charge in [0, 0.05) is 23.5 Å². The number of ketones is 2. The number of benzene rings is 1. The average Bonchev–Trinajstić information content (AvgIpc) is 2.59. The van der Waals surface area contributed by atoms with Crippen LogP contribution in [0.25, 0.3) is 0 Å². The quantitative estimate of drug-likeness (QED) is 0.779. The minimum atomic E-state index is -1.13. The number of Topliss-reactive ketones (excluding diaryl/α,β-unsaturated/α-hetero) is 1. The number of alkyl halides is 1. The number of carbonyl (C=O) groups excluding carboxylic acids is 2. The molecule has 0 radical (unpaired) electrons. The Bertz CT molecular complexity index is 836. The summed E-state index contributed by atoms with van der Waals surface area (Å²) in [4.78, 5) is 25.6. The summed E-state index contributed by atoms with van der Waals surface area (Å²) in [7, 11) is 1.52. The zero-order valence-electron chi connectivity index (χ0n) is 14.1. The van der Waals surface area contributed by atoms with Crippen LogP contribution < -0.4 is 4.74 Å². The van der Waals surface area contributed by atoms with Crippen LogP contribution in [0.5, 0.6) is 11.5 Å². The van der Waals surface area contributed by atoms with Crippen LogP contribution >= 0.6 is 15.9 Å². The van der Waals surface area contributed by atoms with Crippen LogP contribution in [-0.4, -0.2) is 28.1 Å². The molecule has 5 heteroatoms. The largest absolute Gasteiger partial charge is 0.508 e. The summed E-state index contributed by atoms with van der Waals surface area (Å²) in [6.45, 7) is 5.51. The van der Waals surface area contributed by atoms with E-state index in [4.69, 9.17) is 4.74 Å². The Balaban J connectivity index is 2.23. The normalized spacial score (nSPS) is 28.8. The Hall–Kier alpha value is -2.14. The van der Waals surface area contributed by atoms with Gasteiger partial charge in [0.25, 0.3) is 0 Å². The minimum absolute atomic E-state index is 0.0168. The molecular weight excluding hydrogens is 384 g/mol. The lowest BCUT2D eigenvalue weighted by molar-refractivity contribution is -0.128. The number of halogens is 1. The van der Waals surface area contributed by atoms with Gasteiger partial charge in [-0.05, 0) is 36.6 Å². The summed E-state index contributed by atoms with van der Waals surface area (Å²) in [6.07, 6.45) is 5.45. The van der Waals surface area contributed by atoms with Crippen LogP contribution in [0.2, 0.25) is 0 Å². The number of hydrogen-bond donors (Lipinski definition) is 1. The van der Waals surface area contributed by atoms with Gasteiger partial charge in [0.2, 0.25) is 0 Å². The first kappa shape index (κ1) is 17.7. The molecule has 0 aliphatic heterocycles. The van der Waals surface area contributed by atoms with Gasteiger partial charge < -0.3 is 9.84 Å². The minimum Gasteiger partial charge on any atom is -0.508 e. The monoisotopic (exact) mass is 402 g/mol. The molecular formula is C20H19BrO4. The molecule has 0 fully saturated rings. The van der Waals surface area contributed by atoms with Gasteiger partial charge in [-0.15, -0.1) is 0 Å². The number of hydrogen-bond acceptors (Lipinski definition) is 4. The maximum Gasteiger partial charge on any atom is 0.174 e. The predicted molar refractivity (Wildman–Crippen MR) is 99.2 cm³/mol. The van der Waals surface area contributed by atoms with E-state index in [0.29, 0.717) is 23.3 Å². The molecule has 0 aromatic heterocycles. The van der Waals surface area contributed by atoms with Crippen molar-refractivity contribution in [2.45, 2.75) is 23.6 Å². The number of carbonyl (C=O) groups is 2. The number of phenols is 1. The van der Waals surface area contributed by atoms with Crippen LogP contribution in [0.4, 0.5) is 0 Å². The van der Waals surface area contributed by atoms with Gasteiger partial charge in [-0.3, -0.25) is 9.59 Å². The Labute approximate surface area is 155 Å². The van der Waals surface area contributed by atoms with Gasteiger partial charge in [-0.2, -0.15) is 0 Å². The van der Waals surface area contributed by atoms with Gasteiger partial charge in [0.05, 0.1) is 7.11 Å². The summed E-state index contributed by atoms with van der Waals surface area (Å²) in [5.41, 5.74) is 1.84. The van der Waals surface area contributed by atoms with E-state index < -0.39 is 16.2 Å². The van der Waals surface area contributed by atoms with Crippen molar-refractivity contribution < 1.29 is 19.4 Å². The molecule has 25 heavy (non-hydrogen) atoms. The zero-order chi connectivity index (χ0) is 18.4. The van der Waals surface area contributed by atoms with E-state index in [1.807, 2.05) is 6.08 Å². The Kier molecular flexibility index (Phi) is 4.45. The number of fused-ring (bicyclic) bond motifs is 1. The van der Waals surface area contributed by atoms with Crippen LogP contribution in [0.3, 0.4) is 0 Å². The predicted octanol–water partition coefficient (Wildman–Crippen LogP) is 3.85. The highest BCUT2D eigenvalue weighted by atomic mass is 79.9. The lowest BCUT2D eigenvalue weighted by atomic mass is 9.62. The van der Waals surface area contributed by atoms with E-state index in [2.05, 4.69) is 22.5 Å². The van der Waals surface area contributed by atoms with Gasteiger partial charge >= 0.3 is 0 Å². The third kappa shape index (κ3) is 2.58. The number of phenolic OH excluding ortho intramolecular Hbond substituents is 1. The van der Waals surface area contributed by atoms with E-state index in [0.717, 1.165) is 5.57 Å². The van der Waals surface area contributed by atoms with Crippen LogP contribution in [0, 0.1) is 5.92 Å². The van der Waals surface area contributed by atoms with E-state index in [9.17, 15) is 14.7 Å². The van der Waals surface area contributed by atoms with E-state index in [1.54, 1.807) is 25.1 Å². The SMILES string of the molecule is C=CC1=CCC2C(=O)C(C)=CC(=O)C2(Br)C1c1ccc(OC)cc1O. The Morgan fingerprint density at radius 2 is 2.12 bits per heavy atom. The Morgan fingerprint density at radius 1 is 1.40 bits per heavy atom. The smallest absolute Gasteiger partial charge is 0.174 e. The summed E-state index contributed by atoms with van der Waals surface area (Å²) >= 11 is 3.61. The lowest BCUT2D eigenvalue weighted by Gasteiger charge is -2.45. The van der Waals surface area contributed by atoms with E-state index in [-0.39, 0.29) is 17.3 Å². The number of rotatable bonds is 3.